The van der Waals surface area contributed by atoms with Crippen LogP contribution in [0.3, 0.4) is 0 Å². The predicted octanol–water partition coefficient (Wildman–Crippen LogP) is 0.662. The SMILES string of the molecule is Cc1ccc(NC(=O)CNC(=O)CN)cc1Cl. The molecule has 0 saturated heterocycles. The zero-order chi connectivity index (χ0) is 12.8. The van der Waals surface area contributed by atoms with Gasteiger partial charge in [0, 0.05) is 10.7 Å². The van der Waals surface area contributed by atoms with Crippen molar-refractivity contribution in [3.05, 3.63) is 28.8 Å². The minimum absolute atomic E-state index is 0.110. The lowest BCUT2D eigenvalue weighted by molar-refractivity contribution is -0.123. The van der Waals surface area contributed by atoms with Gasteiger partial charge in [0.2, 0.25) is 11.8 Å². The Balaban J connectivity index is 2.50. The van der Waals surface area contributed by atoms with Gasteiger partial charge in [-0.1, -0.05) is 17.7 Å². The van der Waals surface area contributed by atoms with Crippen LogP contribution in [0.2, 0.25) is 5.02 Å². The number of carbonyl (C=O) groups is 2. The molecule has 0 fully saturated rings. The third kappa shape index (κ3) is 4.42. The van der Waals surface area contributed by atoms with Crippen LogP contribution in [0.1, 0.15) is 5.56 Å². The van der Waals surface area contributed by atoms with Crippen molar-refractivity contribution in [1.82, 2.24) is 5.32 Å². The van der Waals surface area contributed by atoms with Gasteiger partial charge in [-0.2, -0.15) is 0 Å². The molecule has 4 N–H and O–H groups in total. The molecule has 1 rings (SSSR count). The summed E-state index contributed by atoms with van der Waals surface area (Å²) in [7, 11) is 0. The minimum Gasteiger partial charge on any atom is -0.346 e. The molecule has 92 valence electrons. The van der Waals surface area contributed by atoms with E-state index in [1.165, 1.54) is 0 Å². The summed E-state index contributed by atoms with van der Waals surface area (Å²) in [5, 5.41) is 5.56. The van der Waals surface area contributed by atoms with E-state index >= 15 is 0 Å². The van der Waals surface area contributed by atoms with E-state index in [0.717, 1.165) is 5.56 Å². The van der Waals surface area contributed by atoms with E-state index in [0.29, 0.717) is 10.7 Å². The Labute approximate surface area is 104 Å². The summed E-state index contributed by atoms with van der Waals surface area (Å²) in [4.78, 5) is 22.2. The molecular weight excluding hydrogens is 242 g/mol. The van der Waals surface area contributed by atoms with E-state index in [-0.39, 0.29) is 24.9 Å². The van der Waals surface area contributed by atoms with E-state index in [1.54, 1.807) is 18.2 Å². The van der Waals surface area contributed by atoms with Crippen LogP contribution in [0.5, 0.6) is 0 Å². The number of hydrogen-bond donors (Lipinski definition) is 3. The first-order chi connectivity index (χ1) is 8.02. The fraction of sp³-hybridized carbons (Fsp3) is 0.273. The van der Waals surface area contributed by atoms with Gasteiger partial charge in [0.15, 0.2) is 0 Å². The molecule has 0 bridgehead atoms. The van der Waals surface area contributed by atoms with E-state index in [4.69, 9.17) is 17.3 Å². The van der Waals surface area contributed by atoms with E-state index in [2.05, 4.69) is 10.6 Å². The molecule has 5 nitrogen and oxygen atoms in total. The van der Waals surface area contributed by atoms with Gasteiger partial charge >= 0.3 is 0 Å². The molecule has 0 unspecified atom stereocenters. The zero-order valence-corrected chi connectivity index (χ0v) is 10.2. The second-order valence-corrected chi connectivity index (χ2v) is 3.90. The number of hydrogen-bond acceptors (Lipinski definition) is 3. The molecule has 0 heterocycles. The average molecular weight is 256 g/mol. The Bertz CT molecular complexity index is 435. The van der Waals surface area contributed by atoms with Crippen molar-refractivity contribution in [1.29, 1.82) is 0 Å². The summed E-state index contributed by atoms with van der Waals surface area (Å²) in [6.07, 6.45) is 0. The van der Waals surface area contributed by atoms with Gasteiger partial charge in [0.25, 0.3) is 0 Å². The lowest BCUT2D eigenvalue weighted by Crippen LogP contribution is -2.36. The molecule has 0 radical (unpaired) electrons. The average Bonchev–Trinajstić information content (AvgIpc) is 2.31. The van der Waals surface area contributed by atoms with Crippen LogP contribution in [-0.4, -0.2) is 24.9 Å². The Hall–Kier alpha value is -1.59. The first-order valence-corrected chi connectivity index (χ1v) is 5.43. The highest BCUT2D eigenvalue weighted by atomic mass is 35.5. The van der Waals surface area contributed by atoms with E-state index in [1.807, 2.05) is 6.92 Å². The van der Waals surface area contributed by atoms with Gasteiger partial charge < -0.3 is 16.4 Å². The van der Waals surface area contributed by atoms with Crippen LogP contribution in [0.15, 0.2) is 18.2 Å². The van der Waals surface area contributed by atoms with Crippen LogP contribution < -0.4 is 16.4 Å². The third-order valence-corrected chi connectivity index (χ3v) is 2.49. The highest BCUT2D eigenvalue weighted by Gasteiger charge is 2.05. The van der Waals surface area contributed by atoms with Crippen molar-refractivity contribution in [2.45, 2.75) is 6.92 Å². The summed E-state index contributed by atoms with van der Waals surface area (Å²) in [5.74, 6) is -0.700. The highest BCUT2D eigenvalue weighted by Crippen LogP contribution is 2.19. The maximum atomic E-state index is 11.4. The topological polar surface area (TPSA) is 84.2 Å². The standard InChI is InChI=1S/C11H14ClN3O2/c1-7-2-3-8(4-9(7)12)15-11(17)6-14-10(16)5-13/h2-4H,5-6,13H2,1H3,(H,14,16)(H,15,17). The lowest BCUT2D eigenvalue weighted by atomic mass is 10.2. The molecule has 6 heteroatoms. The molecule has 0 atom stereocenters. The molecule has 0 aliphatic carbocycles. The third-order valence-electron chi connectivity index (χ3n) is 2.09. The van der Waals surface area contributed by atoms with Crippen LogP contribution in [0, 0.1) is 6.92 Å². The summed E-state index contributed by atoms with van der Waals surface area (Å²) < 4.78 is 0. The first kappa shape index (κ1) is 13.5. The predicted molar refractivity (Wildman–Crippen MR) is 66.9 cm³/mol. The highest BCUT2D eigenvalue weighted by molar-refractivity contribution is 6.31. The van der Waals surface area contributed by atoms with Gasteiger partial charge in [-0.05, 0) is 24.6 Å². The molecule has 0 aliphatic heterocycles. The van der Waals surface area contributed by atoms with Crippen molar-refractivity contribution < 1.29 is 9.59 Å². The smallest absolute Gasteiger partial charge is 0.243 e. The number of halogens is 1. The fourth-order valence-electron chi connectivity index (χ4n) is 1.13. The number of aryl methyl sites for hydroxylation is 1. The molecule has 0 saturated carbocycles. The zero-order valence-electron chi connectivity index (χ0n) is 9.42. The van der Waals surface area contributed by atoms with Crippen molar-refractivity contribution >= 4 is 29.1 Å². The molecule has 0 aromatic heterocycles. The second kappa shape index (κ2) is 6.22. The maximum absolute atomic E-state index is 11.4. The monoisotopic (exact) mass is 255 g/mol. The summed E-state index contributed by atoms with van der Waals surface area (Å²) >= 11 is 5.91. The number of nitrogens with two attached hydrogens (primary N) is 1. The lowest BCUT2D eigenvalue weighted by Gasteiger charge is -2.07. The van der Waals surface area contributed by atoms with Crippen LogP contribution in [0.4, 0.5) is 5.69 Å². The number of rotatable bonds is 4. The van der Waals surface area contributed by atoms with Crippen LogP contribution in [-0.2, 0) is 9.59 Å². The Morgan fingerprint density at radius 2 is 2.06 bits per heavy atom. The van der Waals surface area contributed by atoms with E-state index in [9.17, 15) is 9.59 Å². The van der Waals surface area contributed by atoms with Gasteiger partial charge in [-0.25, -0.2) is 0 Å². The normalized spacial score (nSPS) is 9.82. The molecule has 0 spiro atoms. The fourth-order valence-corrected chi connectivity index (χ4v) is 1.31. The molecule has 1 aromatic carbocycles. The van der Waals surface area contributed by atoms with Gasteiger partial charge in [-0.3, -0.25) is 9.59 Å². The number of benzene rings is 1. The van der Waals surface area contributed by atoms with Gasteiger partial charge in [0.1, 0.15) is 0 Å². The van der Waals surface area contributed by atoms with Gasteiger partial charge in [-0.15, -0.1) is 0 Å². The number of carbonyl (C=O) groups excluding carboxylic acids is 2. The summed E-state index contributed by atoms with van der Waals surface area (Å²) in [5.41, 5.74) is 6.61. The van der Waals surface area contributed by atoms with Crippen LogP contribution >= 0.6 is 11.6 Å². The minimum atomic E-state index is -0.373. The van der Waals surface area contributed by atoms with Crippen molar-refractivity contribution in [2.24, 2.45) is 5.73 Å². The molecule has 1 aromatic rings. The quantitative estimate of drug-likeness (QED) is 0.739. The van der Waals surface area contributed by atoms with Crippen molar-refractivity contribution in [3.8, 4) is 0 Å². The molecule has 2 amide bonds. The Morgan fingerprint density at radius 1 is 1.35 bits per heavy atom. The van der Waals surface area contributed by atoms with E-state index < -0.39 is 0 Å². The van der Waals surface area contributed by atoms with Crippen molar-refractivity contribution in [3.63, 3.8) is 0 Å². The molecular formula is C11H14ClN3O2. The van der Waals surface area contributed by atoms with Crippen molar-refractivity contribution in [2.75, 3.05) is 18.4 Å². The summed E-state index contributed by atoms with van der Waals surface area (Å²) in [6, 6.07) is 5.19. The molecule has 17 heavy (non-hydrogen) atoms. The number of nitrogens with one attached hydrogen (secondary N) is 2. The van der Waals surface area contributed by atoms with Crippen LogP contribution in [0.25, 0.3) is 0 Å². The number of anilines is 1. The number of amides is 2. The second-order valence-electron chi connectivity index (χ2n) is 3.49. The Morgan fingerprint density at radius 3 is 2.65 bits per heavy atom. The molecule has 0 aliphatic rings. The van der Waals surface area contributed by atoms with Gasteiger partial charge in [0.05, 0.1) is 13.1 Å². The first-order valence-electron chi connectivity index (χ1n) is 5.05. The Kier molecular flexibility index (Phi) is 4.93. The maximum Gasteiger partial charge on any atom is 0.243 e. The largest absolute Gasteiger partial charge is 0.346 e. The summed E-state index contributed by atoms with van der Waals surface area (Å²) in [6.45, 7) is 1.63.